The average molecular weight is 510 g/mol. The van der Waals surface area contributed by atoms with E-state index in [0.29, 0.717) is 0 Å². The number of fused-ring (bicyclic) bond motifs is 2. The van der Waals surface area contributed by atoms with E-state index in [9.17, 15) is 0 Å². The molecule has 0 saturated heterocycles. The van der Waals surface area contributed by atoms with Gasteiger partial charge in [-0.1, -0.05) is 69.3 Å². The summed E-state index contributed by atoms with van der Waals surface area (Å²) in [6.07, 6.45) is 13.1. The molecule has 0 radical (unpaired) electrons. The summed E-state index contributed by atoms with van der Waals surface area (Å²) in [7, 11) is 4.42. The Morgan fingerprint density at radius 3 is 2.30 bits per heavy atom. The summed E-state index contributed by atoms with van der Waals surface area (Å²) in [5.74, 6) is 1.09. The van der Waals surface area contributed by atoms with Gasteiger partial charge in [-0.05, 0) is 67.7 Å². The van der Waals surface area contributed by atoms with E-state index in [1.54, 1.807) is 0 Å². The van der Waals surface area contributed by atoms with Gasteiger partial charge >= 0.3 is 0 Å². The van der Waals surface area contributed by atoms with Crippen LogP contribution in [0.25, 0.3) is 0 Å². The Morgan fingerprint density at radius 2 is 1.59 bits per heavy atom. The summed E-state index contributed by atoms with van der Waals surface area (Å²) in [6, 6.07) is 17.6. The van der Waals surface area contributed by atoms with Crippen LogP contribution < -0.4 is 4.90 Å². The van der Waals surface area contributed by atoms with Crippen molar-refractivity contribution in [1.29, 1.82) is 0 Å². The number of hydrogen-bond donors (Lipinski definition) is 0. The zero-order valence-electron chi connectivity index (χ0n) is 23.6. The smallest absolute Gasteiger partial charge is 0.209 e. The molecule has 2 aliphatic heterocycles. The van der Waals surface area contributed by atoms with Gasteiger partial charge in [0.05, 0.1) is 5.41 Å². The third-order valence-electron chi connectivity index (χ3n) is 8.53. The second kappa shape index (κ2) is 9.83. The van der Waals surface area contributed by atoms with E-state index >= 15 is 0 Å². The monoisotopic (exact) mass is 509 g/mol. The van der Waals surface area contributed by atoms with Crippen LogP contribution in [0.3, 0.4) is 0 Å². The Bertz CT molecular complexity index is 1380. The molecule has 2 heterocycles. The van der Waals surface area contributed by atoms with E-state index in [1.165, 1.54) is 56.4 Å². The number of hydrogen-bond acceptors (Lipinski definition) is 2. The molecule has 0 spiro atoms. The lowest BCUT2D eigenvalue weighted by molar-refractivity contribution is -0.401. The SMILES string of the molecule is CCSC1=C(/C=C/C2=[N+](C)c3ccccc3C2(C)C)CCC/C1=C/C=C1/N(C)c2ccccc2C1(C)C. The van der Waals surface area contributed by atoms with Gasteiger partial charge in [-0.15, -0.1) is 11.8 Å². The third kappa shape index (κ3) is 4.36. The molecule has 3 aliphatic rings. The van der Waals surface area contributed by atoms with E-state index in [1.807, 2.05) is 11.8 Å². The minimum Gasteiger partial charge on any atom is -0.347 e. The number of likely N-dealkylation sites (N-methyl/N-ethyl adjacent to an activating group) is 1. The molecule has 2 aromatic carbocycles. The number of para-hydroxylation sites is 2. The molecule has 2 aromatic rings. The first kappa shape index (κ1) is 25.9. The number of rotatable bonds is 5. The Hall–Kier alpha value is -2.78. The van der Waals surface area contributed by atoms with E-state index in [4.69, 9.17) is 0 Å². The maximum Gasteiger partial charge on any atom is 0.209 e. The maximum atomic E-state index is 2.42. The minimum atomic E-state index is 0.00582. The molecule has 1 aliphatic carbocycles. The first-order valence-electron chi connectivity index (χ1n) is 13.7. The van der Waals surface area contributed by atoms with Crippen molar-refractivity contribution < 1.29 is 4.58 Å². The highest BCUT2D eigenvalue weighted by atomic mass is 32.2. The van der Waals surface area contributed by atoms with Crippen molar-refractivity contribution in [3.8, 4) is 0 Å². The zero-order valence-corrected chi connectivity index (χ0v) is 24.4. The number of nitrogens with zero attached hydrogens (tertiary/aromatic N) is 2. The van der Waals surface area contributed by atoms with E-state index in [0.717, 1.165) is 18.6 Å². The number of benzene rings is 2. The van der Waals surface area contributed by atoms with Gasteiger partial charge in [0.1, 0.15) is 7.05 Å². The normalized spacial score (nSPS) is 22.5. The average Bonchev–Trinajstić information content (AvgIpc) is 3.20. The van der Waals surface area contributed by atoms with Crippen LogP contribution in [0.5, 0.6) is 0 Å². The Labute approximate surface area is 228 Å². The van der Waals surface area contributed by atoms with Crippen LogP contribution in [0.15, 0.2) is 94.6 Å². The van der Waals surface area contributed by atoms with Gasteiger partial charge < -0.3 is 4.90 Å². The predicted octanol–water partition coefficient (Wildman–Crippen LogP) is 8.68. The van der Waals surface area contributed by atoms with Gasteiger partial charge in [-0.2, -0.15) is 4.58 Å². The van der Waals surface area contributed by atoms with Crippen LogP contribution in [0.2, 0.25) is 0 Å². The summed E-state index contributed by atoms with van der Waals surface area (Å²) in [6.45, 7) is 11.7. The lowest BCUT2D eigenvalue weighted by atomic mass is 9.81. The number of anilines is 1. The quantitative estimate of drug-likeness (QED) is 0.372. The van der Waals surface area contributed by atoms with Crippen molar-refractivity contribution in [2.75, 3.05) is 24.7 Å². The predicted molar refractivity (Wildman–Crippen MR) is 163 cm³/mol. The van der Waals surface area contributed by atoms with Crippen molar-refractivity contribution in [1.82, 2.24) is 0 Å². The largest absolute Gasteiger partial charge is 0.347 e. The molecule has 3 heteroatoms. The summed E-state index contributed by atoms with van der Waals surface area (Å²) >= 11 is 2.00. The van der Waals surface area contributed by atoms with Crippen molar-refractivity contribution >= 4 is 28.8 Å². The van der Waals surface area contributed by atoms with Crippen LogP contribution in [0, 0.1) is 0 Å². The molecule has 0 unspecified atom stereocenters. The molecule has 5 rings (SSSR count). The van der Waals surface area contributed by atoms with Gasteiger partial charge in [0.2, 0.25) is 5.69 Å². The third-order valence-corrected chi connectivity index (χ3v) is 9.63. The van der Waals surface area contributed by atoms with Gasteiger partial charge in [0.25, 0.3) is 0 Å². The van der Waals surface area contributed by atoms with Crippen LogP contribution >= 0.6 is 11.8 Å². The van der Waals surface area contributed by atoms with E-state index < -0.39 is 0 Å². The molecular formula is C34H41N2S+. The zero-order chi connectivity index (χ0) is 26.4. The van der Waals surface area contributed by atoms with Crippen LogP contribution in [-0.2, 0) is 10.8 Å². The van der Waals surface area contributed by atoms with Crippen molar-refractivity contribution in [2.45, 2.75) is 64.7 Å². The van der Waals surface area contributed by atoms with Crippen molar-refractivity contribution in [3.63, 3.8) is 0 Å². The van der Waals surface area contributed by atoms with Gasteiger partial charge in [0, 0.05) is 46.5 Å². The molecule has 0 aromatic heterocycles. The standard InChI is InChI=1S/C34H41N2S/c1-8-37-32-24(20-22-30-33(2,3)26-16-9-11-18-28(26)35(30)6)14-13-15-25(32)21-23-31-34(4,5)27-17-10-12-19-29(27)36(31)7/h9-12,16-23H,8,13-15H2,1-7H3/q+1. The highest BCUT2D eigenvalue weighted by molar-refractivity contribution is 8.03. The molecule has 192 valence electrons. The molecule has 2 nitrogen and oxygen atoms in total. The second-order valence-corrected chi connectivity index (χ2v) is 12.8. The van der Waals surface area contributed by atoms with E-state index in [-0.39, 0.29) is 10.8 Å². The fourth-order valence-corrected chi connectivity index (χ4v) is 7.51. The lowest BCUT2D eigenvalue weighted by Gasteiger charge is -2.25. The Balaban J connectivity index is 1.50. The van der Waals surface area contributed by atoms with Crippen molar-refractivity contribution in [2.24, 2.45) is 0 Å². The highest BCUT2D eigenvalue weighted by Gasteiger charge is 2.42. The maximum absolute atomic E-state index is 2.42. The summed E-state index contributed by atoms with van der Waals surface area (Å²) < 4.78 is 2.37. The second-order valence-electron chi connectivity index (χ2n) is 11.5. The molecule has 0 atom stereocenters. The summed E-state index contributed by atoms with van der Waals surface area (Å²) in [5, 5.41) is 0. The van der Waals surface area contributed by atoms with Crippen LogP contribution in [0.4, 0.5) is 11.4 Å². The lowest BCUT2D eigenvalue weighted by Crippen LogP contribution is -2.26. The molecule has 0 N–H and O–H groups in total. The van der Waals surface area contributed by atoms with Gasteiger partial charge in [0.15, 0.2) is 5.71 Å². The van der Waals surface area contributed by atoms with Crippen LogP contribution in [-0.4, -0.2) is 30.1 Å². The fourth-order valence-electron chi connectivity index (χ4n) is 6.51. The Kier molecular flexibility index (Phi) is 6.87. The number of allylic oxidation sites excluding steroid dienone is 7. The number of thioether (sulfide) groups is 1. The van der Waals surface area contributed by atoms with Gasteiger partial charge in [-0.3, -0.25) is 0 Å². The van der Waals surface area contributed by atoms with Crippen molar-refractivity contribution in [3.05, 3.63) is 106 Å². The molecule has 0 fully saturated rings. The molecular weight excluding hydrogens is 468 g/mol. The minimum absolute atomic E-state index is 0.00582. The van der Waals surface area contributed by atoms with E-state index in [2.05, 4.69) is 131 Å². The fraction of sp³-hybridized carbons (Fsp3) is 0.382. The first-order chi connectivity index (χ1) is 17.7. The molecule has 0 amide bonds. The Morgan fingerprint density at radius 1 is 0.892 bits per heavy atom. The topological polar surface area (TPSA) is 6.25 Å². The van der Waals surface area contributed by atoms with Gasteiger partial charge in [-0.25, -0.2) is 0 Å². The highest BCUT2D eigenvalue weighted by Crippen LogP contribution is 2.47. The summed E-state index contributed by atoms with van der Waals surface area (Å²) in [4.78, 5) is 3.85. The first-order valence-corrected chi connectivity index (χ1v) is 14.7. The molecule has 37 heavy (non-hydrogen) atoms. The summed E-state index contributed by atoms with van der Waals surface area (Å²) in [5.41, 5.74) is 11.2. The molecule has 0 bridgehead atoms. The van der Waals surface area contributed by atoms with Crippen LogP contribution in [0.1, 0.15) is 65.0 Å². The molecule has 0 saturated carbocycles.